The fraction of sp³-hybridized carbons (Fsp3) is 0.467. The minimum absolute atomic E-state index is 0.264. The van der Waals surface area contributed by atoms with E-state index in [2.05, 4.69) is 10.2 Å². The van der Waals surface area contributed by atoms with Gasteiger partial charge in [-0.2, -0.15) is 0 Å². The van der Waals surface area contributed by atoms with Crippen molar-refractivity contribution < 1.29 is 25.2 Å². The van der Waals surface area contributed by atoms with Gasteiger partial charge >= 0.3 is 0 Å². The van der Waals surface area contributed by atoms with Crippen LogP contribution < -0.4 is 5.84 Å². The number of benzene rings is 1. The van der Waals surface area contributed by atoms with Crippen molar-refractivity contribution in [2.45, 2.75) is 39.9 Å². The minimum atomic E-state index is -1.45. The molecule has 0 unspecified atom stereocenters. The zero-order valence-corrected chi connectivity index (χ0v) is 15.5. The number of hydrogen-bond acceptors (Lipinski definition) is 10. The molecule has 1 fully saturated rings. The Bertz CT molecular complexity index is 759. The lowest BCUT2D eigenvalue weighted by Gasteiger charge is -2.39. The first-order valence-electron chi connectivity index (χ1n) is 7.79. The highest BCUT2D eigenvalue weighted by molar-refractivity contribution is 7.99. The molecule has 0 spiro atoms. The van der Waals surface area contributed by atoms with Gasteiger partial charge in [0, 0.05) is 10.5 Å². The maximum atomic E-state index is 10.1. The lowest BCUT2D eigenvalue weighted by atomic mass is 10.0. The Morgan fingerprint density at radius 1 is 1.15 bits per heavy atom. The Morgan fingerprint density at radius 2 is 1.88 bits per heavy atom. The molecule has 9 nitrogen and oxygen atoms in total. The molecular weight excluding hydrogens is 380 g/mol. The predicted octanol–water partition coefficient (Wildman–Crippen LogP) is -0.727. The molecular formula is C15H20N4O5S2. The van der Waals surface area contributed by atoms with Crippen LogP contribution in [0.5, 0.6) is 0 Å². The number of ether oxygens (including phenoxy) is 1. The highest BCUT2D eigenvalue weighted by Gasteiger charge is 2.44. The molecule has 1 aromatic carbocycles. The van der Waals surface area contributed by atoms with E-state index in [0.29, 0.717) is 5.82 Å². The molecule has 0 radical (unpaired) electrons. The maximum absolute atomic E-state index is 10.1. The van der Waals surface area contributed by atoms with Gasteiger partial charge in [-0.05, 0) is 30.2 Å². The molecule has 2 heterocycles. The average Bonchev–Trinajstić information content (AvgIpc) is 3.02. The maximum Gasteiger partial charge on any atom is 0.212 e. The number of aromatic nitrogens is 3. The Labute approximate surface area is 158 Å². The van der Waals surface area contributed by atoms with Gasteiger partial charge in [0.1, 0.15) is 29.9 Å². The quantitative estimate of drug-likeness (QED) is 0.321. The number of nitrogen functional groups attached to an aromatic ring is 1. The van der Waals surface area contributed by atoms with E-state index in [-0.39, 0.29) is 5.16 Å². The topological polar surface area (TPSA) is 147 Å². The van der Waals surface area contributed by atoms with Gasteiger partial charge in [0.25, 0.3) is 0 Å². The second kappa shape index (κ2) is 8.13. The largest absolute Gasteiger partial charge is 0.394 e. The van der Waals surface area contributed by atoms with E-state index in [1.54, 1.807) is 11.8 Å². The summed E-state index contributed by atoms with van der Waals surface area (Å²) in [6.07, 6.45) is -3.29. The Hall–Kier alpha value is -1.34. The molecule has 1 aliphatic rings. The third kappa shape index (κ3) is 3.56. The lowest BCUT2D eigenvalue weighted by Crippen LogP contribution is -2.57. The number of hydrogen-bond donors (Lipinski definition) is 5. The summed E-state index contributed by atoms with van der Waals surface area (Å²) >= 11 is 2.51. The molecule has 1 aromatic heterocycles. The van der Waals surface area contributed by atoms with Crippen LogP contribution in [0.4, 0.5) is 0 Å². The van der Waals surface area contributed by atoms with E-state index in [9.17, 15) is 20.4 Å². The van der Waals surface area contributed by atoms with Crippen molar-refractivity contribution in [3.05, 3.63) is 24.3 Å². The van der Waals surface area contributed by atoms with Crippen LogP contribution >= 0.6 is 23.5 Å². The smallest absolute Gasteiger partial charge is 0.212 e. The van der Waals surface area contributed by atoms with Crippen LogP contribution in [-0.4, -0.2) is 78.0 Å². The van der Waals surface area contributed by atoms with Crippen molar-refractivity contribution in [1.82, 2.24) is 14.9 Å². The number of rotatable bonds is 5. The molecule has 1 saturated heterocycles. The Kier molecular flexibility index (Phi) is 6.07. The number of aliphatic hydroxyl groups excluding tert-OH is 4. The third-order valence-corrected chi connectivity index (χ3v) is 5.99. The summed E-state index contributed by atoms with van der Waals surface area (Å²) in [6, 6.07) is 7.60. The first-order valence-corrected chi connectivity index (χ1v) is 9.89. The van der Waals surface area contributed by atoms with Crippen LogP contribution in [0.2, 0.25) is 0 Å². The van der Waals surface area contributed by atoms with Crippen molar-refractivity contribution in [2.24, 2.45) is 0 Å². The summed E-state index contributed by atoms with van der Waals surface area (Å²) in [6.45, 7) is -0.496. The number of nitrogens with two attached hydrogens (primary N) is 1. The molecule has 2 aromatic rings. The Morgan fingerprint density at radius 3 is 2.58 bits per heavy atom. The summed E-state index contributed by atoms with van der Waals surface area (Å²) in [4.78, 5) is 0.982. The second-order valence-corrected chi connectivity index (χ2v) is 7.61. The number of thioether (sulfide) groups is 2. The summed E-state index contributed by atoms with van der Waals surface area (Å²) in [5.74, 6) is 6.56. The van der Waals surface area contributed by atoms with E-state index in [1.165, 1.54) is 4.68 Å². The van der Waals surface area contributed by atoms with E-state index in [0.717, 1.165) is 22.2 Å². The summed E-state index contributed by atoms with van der Waals surface area (Å²) in [5, 5.41) is 47.5. The van der Waals surface area contributed by atoms with Gasteiger partial charge in [0.05, 0.1) is 6.61 Å². The first kappa shape index (κ1) is 19.4. The molecule has 1 aliphatic heterocycles. The van der Waals surface area contributed by atoms with Crippen molar-refractivity contribution in [1.29, 1.82) is 0 Å². The van der Waals surface area contributed by atoms with Gasteiger partial charge in [0.2, 0.25) is 5.16 Å². The molecule has 0 bridgehead atoms. The zero-order chi connectivity index (χ0) is 18.8. The van der Waals surface area contributed by atoms with Crippen LogP contribution in [0.25, 0.3) is 11.4 Å². The second-order valence-electron chi connectivity index (χ2n) is 5.69. The lowest BCUT2D eigenvalue weighted by molar-refractivity contribution is -0.205. The fourth-order valence-electron chi connectivity index (χ4n) is 2.64. The summed E-state index contributed by atoms with van der Waals surface area (Å²) < 4.78 is 6.74. The minimum Gasteiger partial charge on any atom is -0.394 e. The van der Waals surface area contributed by atoms with E-state index >= 15 is 0 Å². The monoisotopic (exact) mass is 400 g/mol. The SMILES string of the molecule is CSc1ccccc1-c1nnc(S[C@@H]2O[C@H](CO)[C@@H](O)[C@H](O)[C@H]2O)n1N. The van der Waals surface area contributed by atoms with Crippen molar-refractivity contribution in [3.8, 4) is 11.4 Å². The van der Waals surface area contributed by atoms with Crippen LogP contribution in [0.15, 0.2) is 34.3 Å². The van der Waals surface area contributed by atoms with Crippen molar-refractivity contribution in [3.63, 3.8) is 0 Å². The summed E-state index contributed by atoms with van der Waals surface area (Å²) in [7, 11) is 0. The molecule has 0 aliphatic carbocycles. The molecule has 11 heteroatoms. The molecule has 142 valence electrons. The third-order valence-electron chi connectivity index (χ3n) is 4.08. The van der Waals surface area contributed by atoms with Crippen molar-refractivity contribution in [2.75, 3.05) is 18.7 Å². The molecule has 3 rings (SSSR count). The number of nitrogens with zero attached hydrogens (tertiary/aromatic N) is 3. The van der Waals surface area contributed by atoms with E-state index < -0.39 is 36.5 Å². The van der Waals surface area contributed by atoms with Crippen LogP contribution in [0.3, 0.4) is 0 Å². The Balaban J connectivity index is 1.84. The van der Waals surface area contributed by atoms with Gasteiger partial charge in [-0.25, -0.2) is 4.68 Å². The highest BCUT2D eigenvalue weighted by Crippen LogP contribution is 2.34. The van der Waals surface area contributed by atoms with E-state index in [1.807, 2.05) is 30.5 Å². The molecule has 0 saturated carbocycles. The van der Waals surface area contributed by atoms with E-state index in [4.69, 9.17) is 10.6 Å². The van der Waals surface area contributed by atoms with Crippen molar-refractivity contribution >= 4 is 23.5 Å². The van der Waals surface area contributed by atoms with Gasteiger partial charge in [-0.1, -0.05) is 12.1 Å². The predicted molar refractivity (Wildman–Crippen MR) is 97.0 cm³/mol. The van der Waals surface area contributed by atoms with Gasteiger partial charge in [0.15, 0.2) is 5.82 Å². The average molecular weight is 400 g/mol. The van der Waals surface area contributed by atoms with Gasteiger partial charge in [-0.3, -0.25) is 0 Å². The number of aliphatic hydroxyl groups is 4. The van der Waals surface area contributed by atoms with Crippen LogP contribution in [0, 0.1) is 0 Å². The highest BCUT2D eigenvalue weighted by atomic mass is 32.2. The van der Waals surface area contributed by atoms with Gasteiger partial charge < -0.3 is 31.0 Å². The van der Waals surface area contributed by atoms with Gasteiger partial charge in [-0.15, -0.1) is 22.0 Å². The molecule has 5 atom stereocenters. The zero-order valence-electron chi connectivity index (χ0n) is 13.8. The molecule has 0 amide bonds. The molecule has 26 heavy (non-hydrogen) atoms. The molecule has 6 N–H and O–H groups in total. The van der Waals surface area contributed by atoms with Crippen LogP contribution in [-0.2, 0) is 4.74 Å². The van der Waals surface area contributed by atoms with Crippen LogP contribution in [0.1, 0.15) is 0 Å². The first-order chi connectivity index (χ1) is 12.5. The fourth-order valence-corrected chi connectivity index (χ4v) is 4.23. The standard InChI is InChI=1S/C15H20N4O5S2/c1-25-9-5-3-2-4-7(9)13-17-18-15(19(13)16)26-14-12(23)11(22)10(21)8(6-20)24-14/h2-5,8,10-12,14,20-23H,6,16H2,1H3/t8-,10-,11+,12-,14+/m1/s1. The normalized spacial score (nSPS) is 29.0. The summed E-state index contributed by atoms with van der Waals surface area (Å²) in [5.41, 5.74) is -0.156.